The Balaban J connectivity index is 2.39. The molecule has 0 aliphatic carbocycles. The summed E-state index contributed by atoms with van der Waals surface area (Å²) in [5.41, 5.74) is 0. The lowest BCUT2D eigenvalue weighted by molar-refractivity contribution is -0.229. The molecule has 0 N–H and O–H groups in total. The number of alkyl halides is 3. The molecule has 0 unspecified atom stereocenters. The smallest absolute Gasteiger partial charge is 0.369 e. The van der Waals surface area contributed by atoms with Crippen LogP contribution < -0.4 is 0 Å². The first-order valence-electron chi connectivity index (χ1n) is 3.29. The molecule has 1 aliphatic rings. The third-order valence-corrected chi connectivity index (χ3v) is 1.54. The fourth-order valence-electron chi connectivity index (χ4n) is 0.999. The van der Waals surface area contributed by atoms with E-state index < -0.39 is 12.3 Å². The van der Waals surface area contributed by atoms with E-state index in [4.69, 9.17) is 0 Å². The molecule has 0 aromatic carbocycles. The molecule has 1 heterocycles. The summed E-state index contributed by atoms with van der Waals surface area (Å²) >= 11 is 0. The van der Waals surface area contributed by atoms with Crippen molar-refractivity contribution in [3.63, 3.8) is 0 Å². The fraction of sp³-hybridized carbons (Fsp3) is 1.00. The van der Waals surface area contributed by atoms with E-state index in [9.17, 15) is 13.2 Å². The molecular formula is C6H9F3O. The molecule has 1 rings (SSSR count). The highest BCUT2D eigenvalue weighted by atomic mass is 19.4. The number of ether oxygens (including phenoxy) is 1. The zero-order valence-corrected chi connectivity index (χ0v) is 5.45. The van der Waals surface area contributed by atoms with Crippen molar-refractivity contribution in [2.24, 2.45) is 0 Å². The van der Waals surface area contributed by atoms with Crippen LogP contribution in [0.25, 0.3) is 0 Å². The monoisotopic (exact) mass is 154 g/mol. The summed E-state index contributed by atoms with van der Waals surface area (Å²) in [6.07, 6.45) is -4.14. The van der Waals surface area contributed by atoms with E-state index in [1.165, 1.54) is 0 Å². The average molecular weight is 154 g/mol. The van der Waals surface area contributed by atoms with Gasteiger partial charge in [0.15, 0.2) is 6.10 Å². The number of halogens is 3. The lowest BCUT2D eigenvalue weighted by Crippen LogP contribution is -2.34. The van der Waals surface area contributed by atoms with Gasteiger partial charge in [-0.1, -0.05) is 0 Å². The fourth-order valence-corrected chi connectivity index (χ4v) is 0.999. The van der Waals surface area contributed by atoms with E-state index in [1.54, 1.807) is 0 Å². The first-order valence-corrected chi connectivity index (χ1v) is 3.29. The van der Waals surface area contributed by atoms with Crippen molar-refractivity contribution in [1.82, 2.24) is 0 Å². The summed E-state index contributed by atoms with van der Waals surface area (Å²) < 4.78 is 40.0. The van der Waals surface area contributed by atoms with E-state index in [0.717, 1.165) is 6.42 Å². The Labute approximate surface area is 57.2 Å². The Morgan fingerprint density at radius 1 is 1.20 bits per heavy atom. The minimum Gasteiger partial charge on any atom is -0.369 e. The van der Waals surface area contributed by atoms with Gasteiger partial charge in [-0.3, -0.25) is 0 Å². The summed E-state index contributed by atoms with van der Waals surface area (Å²) in [6.45, 7) is 0.254. The van der Waals surface area contributed by atoms with Gasteiger partial charge < -0.3 is 4.74 Å². The Kier molecular flexibility index (Phi) is 2.18. The second-order valence-electron chi connectivity index (χ2n) is 2.40. The van der Waals surface area contributed by atoms with Gasteiger partial charge in [0.2, 0.25) is 0 Å². The van der Waals surface area contributed by atoms with Gasteiger partial charge in [-0.2, -0.15) is 13.2 Å². The highest BCUT2D eigenvalue weighted by Crippen LogP contribution is 2.29. The van der Waals surface area contributed by atoms with Crippen LogP contribution in [0.5, 0.6) is 0 Å². The predicted molar refractivity (Wildman–Crippen MR) is 29.6 cm³/mol. The van der Waals surface area contributed by atoms with Crippen LogP contribution in [0.4, 0.5) is 13.2 Å². The molecule has 1 atom stereocenters. The van der Waals surface area contributed by atoms with Gasteiger partial charge in [0.25, 0.3) is 0 Å². The number of rotatable bonds is 0. The third-order valence-electron chi connectivity index (χ3n) is 1.54. The van der Waals surface area contributed by atoms with Crippen molar-refractivity contribution in [2.45, 2.75) is 31.5 Å². The largest absolute Gasteiger partial charge is 0.414 e. The maximum Gasteiger partial charge on any atom is 0.414 e. The summed E-state index contributed by atoms with van der Waals surface area (Å²) in [4.78, 5) is 0. The number of hydrogen-bond donors (Lipinski definition) is 0. The Hall–Kier alpha value is -0.250. The van der Waals surface area contributed by atoms with Crippen molar-refractivity contribution in [3.8, 4) is 0 Å². The van der Waals surface area contributed by atoms with E-state index in [1.807, 2.05) is 0 Å². The zero-order chi connectivity index (χ0) is 7.61. The molecule has 1 aliphatic heterocycles. The Morgan fingerprint density at radius 2 is 1.90 bits per heavy atom. The van der Waals surface area contributed by atoms with Crippen molar-refractivity contribution >= 4 is 0 Å². The van der Waals surface area contributed by atoms with Crippen LogP contribution in [0.3, 0.4) is 0 Å². The van der Waals surface area contributed by atoms with Crippen LogP contribution in [-0.2, 0) is 4.74 Å². The van der Waals surface area contributed by atoms with Gasteiger partial charge in [0.05, 0.1) is 0 Å². The maximum absolute atomic E-state index is 11.8. The van der Waals surface area contributed by atoms with E-state index in [-0.39, 0.29) is 13.0 Å². The molecule has 0 saturated carbocycles. The average Bonchev–Trinajstić information content (AvgIpc) is 1.88. The van der Waals surface area contributed by atoms with Gasteiger partial charge in [0, 0.05) is 6.61 Å². The topological polar surface area (TPSA) is 9.23 Å². The Bertz CT molecular complexity index is 104. The lowest BCUT2D eigenvalue weighted by Gasteiger charge is -2.24. The van der Waals surface area contributed by atoms with Crippen molar-refractivity contribution in [2.75, 3.05) is 6.61 Å². The van der Waals surface area contributed by atoms with Crippen LogP contribution >= 0.6 is 0 Å². The molecule has 1 fully saturated rings. The minimum absolute atomic E-state index is 0.128. The highest BCUT2D eigenvalue weighted by Gasteiger charge is 2.41. The highest BCUT2D eigenvalue weighted by molar-refractivity contribution is 4.70. The van der Waals surface area contributed by atoms with Crippen molar-refractivity contribution < 1.29 is 17.9 Å². The summed E-state index contributed by atoms with van der Waals surface area (Å²) in [5.74, 6) is 0. The second kappa shape index (κ2) is 2.78. The summed E-state index contributed by atoms with van der Waals surface area (Å²) in [5, 5.41) is 0. The predicted octanol–water partition coefficient (Wildman–Crippen LogP) is 2.12. The molecule has 1 nitrogen and oxygen atoms in total. The zero-order valence-electron chi connectivity index (χ0n) is 5.45. The van der Waals surface area contributed by atoms with Crippen molar-refractivity contribution in [1.29, 1.82) is 0 Å². The van der Waals surface area contributed by atoms with Crippen LogP contribution in [0.1, 0.15) is 19.3 Å². The second-order valence-corrected chi connectivity index (χ2v) is 2.40. The van der Waals surface area contributed by atoms with Crippen LogP contribution in [0.15, 0.2) is 0 Å². The lowest BCUT2D eigenvalue weighted by atomic mass is 10.1. The molecule has 0 amide bonds. The van der Waals surface area contributed by atoms with E-state index in [0.29, 0.717) is 6.42 Å². The van der Waals surface area contributed by atoms with Crippen LogP contribution in [0, 0.1) is 0 Å². The maximum atomic E-state index is 11.8. The molecule has 4 heteroatoms. The summed E-state index contributed by atoms with van der Waals surface area (Å²) in [7, 11) is 0. The molecule has 10 heavy (non-hydrogen) atoms. The first-order chi connectivity index (χ1) is 4.61. The van der Waals surface area contributed by atoms with E-state index in [2.05, 4.69) is 4.74 Å². The van der Waals surface area contributed by atoms with Gasteiger partial charge in [-0.05, 0) is 19.3 Å². The molecule has 0 aromatic heterocycles. The SMILES string of the molecule is FC(F)(F)[C@H]1CCCCO1. The van der Waals surface area contributed by atoms with Crippen LogP contribution in [-0.4, -0.2) is 18.9 Å². The Morgan fingerprint density at radius 3 is 2.20 bits per heavy atom. The van der Waals surface area contributed by atoms with Crippen LogP contribution in [0.2, 0.25) is 0 Å². The molecule has 0 aromatic rings. The number of hydrogen-bond acceptors (Lipinski definition) is 1. The van der Waals surface area contributed by atoms with E-state index >= 15 is 0 Å². The van der Waals surface area contributed by atoms with Gasteiger partial charge in [0.1, 0.15) is 0 Å². The van der Waals surface area contributed by atoms with Gasteiger partial charge in [-0.15, -0.1) is 0 Å². The van der Waals surface area contributed by atoms with Gasteiger partial charge in [-0.25, -0.2) is 0 Å². The molecule has 0 radical (unpaired) electrons. The molecule has 0 bridgehead atoms. The first kappa shape index (κ1) is 7.85. The quantitative estimate of drug-likeness (QED) is 0.519. The summed E-state index contributed by atoms with van der Waals surface area (Å²) in [6, 6.07) is 0. The van der Waals surface area contributed by atoms with Crippen molar-refractivity contribution in [3.05, 3.63) is 0 Å². The third kappa shape index (κ3) is 1.87. The molecule has 1 saturated heterocycles. The molecule has 0 spiro atoms. The molecular weight excluding hydrogens is 145 g/mol. The van der Waals surface area contributed by atoms with Gasteiger partial charge >= 0.3 is 6.18 Å². The normalized spacial score (nSPS) is 28.5. The molecule has 60 valence electrons. The standard InChI is InChI=1S/C6H9F3O/c7-6(8,9)5-3-1-2-4-10-5/h5H,1-4H2/t5-/m1/s1. The minimum atomic E-state index is -4.15.